The maximum Gasteiger partial charge on any atom is 0.319 e. The summed E-state index contributed by atoms with van der Waals surface area (Å²) in [6.45, 7) is 1.78. The van der Waals surface area contributed by atoms with E-state index < -0.39 is 11.8 Å². The minimum absolute atomic E-state index is 0.00131. The summed E-state index contributed by atoms with van der Waals surface area (Å²) in [6, 6.07) is 3.26. The number of anilines is 1. The molecule has 0 aliphatic rings. The first kappa shape index (κ1) is 14.2. The molecule has 0 bridgehead atoms. The van der Waals surface area contributed by atoms with Crippen molar-refractivity contribution in [1.82, 2.24) is 5.32 Å². The molecule has 1 aromatic rings. The largest absolute Gasteiger partial charge is 0.494 e. The molecule has 0 heterocycles. The summed E-state index contributed by atoms with van der Waals surface area (Å²) >= 11 is 0. The Kier molecular flexibility index (Phi) is 5.38. The summed E-state index contributed by atoms with van der Waals surface area (Å²) in [5.41, 5.74) is 0.382. The highest BCUT2D eigenvalue weighted by Crippen LogP contribution is 2.24. The highest BCUT2D eigenvalue weighted by atomic mass is 19.1. The number of ether oxygens (including phenoxy) is 1. The predicted molar refractivity (Wildman–Crippen MR) is 66.3 cm³/mol. The van der Waals surface area contributed by atoms with E-state index in [0.29, 0.717) is 12.1 Å². The Morgan fingerprint density at radius 1 is 1.56 bits per heavy atom. The number of hydrogen-bond acceptors (Lipinski definition) is 3. The Morgan fingerprint density at radius 3 is 2.89 bits per heavy atom. The number of urea groups is 1. The third-order valence-electron chi connectivity index (χ3n) is 2.35. The molecule has 0 unspecified atom stereocenters. The first-order valence-electron chi connectivity index (χ1n) is 5.58. The SMILES string of the molecule is COc1cc(F)ccc1NC(=O)N[C@H](C)CCO. The standard InChI is InChI=1S/C12H17FN2O3/c1-8(5-6-16)14-12(17)15-10-4-3-9(13)7-11(10)18-2/h3-4,7-8,16H,5-6H2,1-2H3,(H2,14,15,17)/t8-/m1/s1. The Morgan fingerprint density at radius 2 is 2.28 bits per heavy atom. The van der Waals surface area contributed by atoms with E-state index in [4.69, 9.17) is 9.84 Å². The van der Waals surface area contributed by atoms with E-state index in [-0.39, 0.29) is 18.4 Å². The fraction of sp³-hybridized carbons (Fsp3) is 0.417. The number of rotatable bonds is 5. The fourth-order valence-corrected chi connectivity index (χ4v) is 1.42. The van der Waals surface area contributed by atoms with Crippen LogP contribution >= 0.6 is 0 Å². The van der Waals surface area contributed by atoms with E-state index in [1.807, 2.05) is 0 Å². The average molecular weight is 256 g/mol. The molecule has 0 saturated heterocycles. The van der Waals surface area contributed by atoms with Crippen LogP contribution in [0.5, 0.6) is 5.75 Å². The van der Waals surface area contributed by atoms with Crippen LogP contribution in [0.25, 0.3) is 0 Å². The van der Waals surface area contributed by atoms with Crippen molar-refractivity contribution in [1.29, 1.82) is 0 Å². The zero-order valence-corrected chi connectivity index (χ0v) is 10.4. The summed E-state index contributed by atoms with van der Waals surface area (Å²) in [6.07, 6.45) is 0.466. The molecule has 1 atom stereocenters. The molecule has 2 amide bonds. The molecule has 0 aromatic heterocycles. The molecule has 1 rings (SSSR count). The molecule has 0 aliphatic carbocycles. The zero-order valence-electron chi connectivity index (χ0n) is 10.4. The number of aliphatic hydroxyl groups is 1. The normalized spacial score (nSPS) is 11.8. The Labute approximate surface area is 105 Å². The molecular weight excluding hydrogens is 239 g/mol. The average Bonchev–Trinajstić information content (AvgIpc) is 2.31. The van der Waals surface area contributed by atoms with Gasteiger partial charge < -0.3 is 20.5 Å². The van der Waals surface area contributed by atoms with E-state index in [1.165, 1.54) is 25.3 Å². The molecular formula is C12H17FN2O3. The van der Waals surface area contributed by atoms with Gasteiger partial charge in [0.05, 0.1) is 12.8 Å². The number of amides is 2. The smallest absolute Gasteiger partial charge is 0.319 e. The van der Waals surface area contributed by atoms with Gasteiger partial charge in [-0.2, -0.15) is 0 Å². The number of carbonyl (C=O) groups is 1. The van der Waals surface area contributed by atoms with Crippen LogP contribution in [0.4, 0.5) is 14.9 Å². The quantitative estimate of drug-likeness (QED) is 0.751. The molecule has 0 saturated carbocycles. The molecule has 3 N–H and O–H groups in total. The summed E-state index contributed by atoms with van der Waals surface area (Å²) in [4.78, 5) is 11.6. The van der Waals surface area contributed by atoms with Gasteiger partial charge in [-0.05, 0) is 25.5 Å². The van der Waals surface area contributed by atoms with Crippen molar-refractivity contribution in [3.8, 4) is 5.75 Å². The van der Waals surface area contributed by atoms with Crippen molar-refractivity contribution >= 4 is 11.7 Å². The lowest BCUT2D eigenvalue weighted by molar-refractivity contribution is 0.241. The molecule has 6 heteroatoms. The second-order valence-corrected chi connectivity index (χ2v) is 3.86. The number of hydrogen-bond donors (Lipinski definition) is 3. The van der Waals surface area contributed by atoms with Crippen LogP contribution in [0.3, 0.4) is 0 Å². The first-order chi connectivity index (χ1) is 8.56. The molecule has 0 radical (unpaired) electrons. The van der Waals surface area contributed by atoms with Gasteiger partial charge in [0.15, 0.2) is 0 Å². The Balaban J connectivity index is 2.64. The van der Waals surface area contributed by atoms with Crippen LogP contribution < -0.4 is 15.4 Å². The van der Waals surface area contributed by atoms with Gasteiger partial charge in [-0.1, -0.05) is 0 Å². The molecule has 0 fully saturated rings. The van der Waals surface area contributed by atoms with Gasteiger partial charge in [0.25, 0.3) is 0 Å². The number of methoxy groups -OCH3 is 1. The van der Waals surface area contributed by atoms with E-state index in [0.717, 1.165) is 0 Å². The number of carbonyl (C=O) groups excluding carboxylic acids is 1. The first-order valence-corrected chi connectivity index (χ1v) is 5.58. The highest BCUT2D eigenvalue weighted by Gasteiger charge is 2.10. The maximum atomic E-state index is 12.9. The molecule has 5 nitrogen and oxygen atoms in total. The third-order valence-corrected chi connectivity index (χ3v) is 2.35. The minimum atomic E-state index is -0.438. The topological polar surface area (TPSA) is 70.6 Å². The van der Waals surface area contributed by atoms with Crippen LogP contribution in [0.15, 0.2) is 18.2 Å². The van der Waals surface area contributed by atoms with E-state index in [9.17, 15) is 9.18 Å². The van der Waals surface area contributed by atoms with Gasteiger partial charge in [-0.25, -0.2) is 9.18 Å². The van der Waals surface area contributed by atoms with Crippen molar-refractivity contribution in [2.24, 2.45) is 0 Å². The third kappa shape index (κ3) is 4.21. The zero-order chi connectivity index (χ0) is 13.5. The second kappa shape index (κ2) is 6.80. The lowest BCUT2D eigenvalue weighted by Crippen LogP contribution is -2.36. The lowest BCUT2D eigenvalue weighted by Gasteiger charge is -2.15. The van der Waals surface area contributed by atoms with E-state index in [2.05, 4.69) is 10.6 Å². The number of halogens is 1. The monoisotopic (exact) mass is 256 g/mol. The van der Waals surface area contributed by atoms with Gasteiger partial charge in [0.2, 0.25) is 0 Å². The molecule has 18 heavy (non-hydrogen) atoms. The van der Waals surface area contributed by atoms with Crippen molar-refractivity contribution in [2.75, 3.05) is 19.0 Å². The van der Waals surface area contributed by atoms with Crippen molar-refractivity contribution < 1.29 is 19.0 Å². The number of benzene rings is 1. The second-order valence-electron chi connectivity index (χ2n) is 3.86. The highest BCUT2D eigenvalue weighted by molar-refractivity contribution is 5.91. The van der Waals surface area contributed by atoms with Gasteiger partial charge in [0, 0.05) is 18.7 Å². The Bertz CT molecular complexity index is 412. The fourth-order valence-electron chi connectivity index (χ4n) is 1.42. The van der Waals surface area contributed by atoms with E-state index >= 15 is 0 Å². The van der Waals surface area contributed by atoms with Gasteiger partial charge in [0.1, 0.15) is 11.6 Å². The number of aliphatic hydroxyl groups excluding tert-OH is 1. The molecule has 100 valence electrons. The summed E-state index contributed by atoms with van der Waals surface area (Å²) in [7, 11) is 1.40. The lowest BCUT2D eigenvalue weighted by atomic mass is 10.2. The molecule has 1 aromatic carbocycles. The van der Waals surface area contributed by atoms with Gasteiger partial charge in [-0.15, -0.1) is 0 Å². The number of nitrogens with one attached hydrogen (secondary N) is 2. The summed E-state index contributed by atoms with van der Waals surface area (Å²) < 4.78 is 17.9. The van der Waals surface area contributed by atoms with Crippen LogP contribution in [-0.2, 0) is 0 Å². The maximum absolute atomic E-state index is 12.9. The van der Waals surface area contributed by atoms with Gasteiger partial charge in [-0.3, -0.25) is 0 Å². The summed E-state index contributed by atoms with van der Waals surface area (Å²) in [5.74, 6) is -0.189. The van der Waals surface area contributed by atoms with Crippen LogP contribution in [0.2, 0.25) is 0 Å². The summed E-state index contributed by atoms with van der Waals surface area (Å²) in [5, 5.41) is 13.9. The van der Waals surface area contributed by atoms with Crippen LogP contribution in [-0.4, -0.2) is 30.9 Å². The van der Waals surface area contributed by atoms with Crippen LogP contribution in [0, 0.1) is 5.82 Å². The minimum Gasteiger partial charge on any atom is -0.494 e. The Hall–Kier alpha value is -1.82. The van der Waals surface area contributed by atoms with Crippen molar-refractivity contribution in [3.63, 3.8) is 0 Å². The molecule has 0 spiro atoms. The van der Waals surface area contributed by atoms with Crippen molar-refractivity contribution in [3.05, 3.63) is 24.0 Å². The molecule has 0 aliphatic heterocycles. The van der Waals surface area contributed by atoms with Gasteiger partial charge >= 0.3 is 6.03 Å². The van der Waals surface area contributed by atoms with Crippen molar-refractivity contribution in [2.45, 2.75) is 19.4 Å². The van der Waals surface area contributed by atoms with E-state index in [1.54, 1.807) is 6.92 Å². The van der Waals surface area contributed by atoms with Crippen LogP contribution in [0.1, 0.15) is 13.3 Å². The predicted octanol–water partition coefficient (Wildman–Crippen LogP) is 1.73.